The minimum Gasteiger partial charge on any atom is -0.481 e. The molecule has 4 nitrogen and oxygen atoms in total. The van der Waals surface area contributed by atoms with Crippen molar-refractivity contribution >= 4 is 11.9 Å². The minimum atomic E-state index is -0.605. The number of hydrogen-bond acceptors (Lipinski definition) is 2. The van der Waals surface area contributed by atoms with E-state index in [-0.39, 0.29) is 17.7 Å². The van der Waals surface area contributed by atoms with Gasteiger partial charge in [-0.2, -0.15) is 0 Å². The predicted molar refractivity (Wildman–Crippen MR) is 79.1 cm³/mol. The van der Waals surface area contributed by atoms with Crippen molar-refractivity contribution in [2.45, 2.75) is 65.2 Å². The lowest BCUT2D eigenvalue weighted by Crippen LogP contribution is -2.27. The van der Waals surface area contributed by atoms with Gasteiger partial charge in [-0.05, 0) is 37.5 Å². The first-order valence-corrected chi connectivity index (χ1v) is 7.92. The summed E-state index contributed by atoms with van der Waals surface area (Å²) in [5.74, 6) is 0.728. The van der Waals surface area contributed by atoms with Crippen molar-refractivity contribution in [3.05, 3.63) is 0 Å². The van der Waals surface area contributed by atoms with Crippen LogP contribution in [0.5, 0.6) is 0 Å². The van der Waals surface area contributed by atoms with Gasteiger partial charge in [-0.15, -0.1) is 0 Å². The number of primary amides is 1. The lowest BCUT2D eigenvalue weighted by Gasteiger charge is -2.23. The number of carboxylic acids is 1. The summed E-state index contributed by atoms with van der Waals surface area (Å²) in [5.41, 5.74) is 5.19. The third-order valence-electron chi connectivity index (χ3n) is 4.62. The van der Waals surface area contributed by atoms with Crippen molar-refractivity contribution in [2.75, 3.05) is 0 Å². The summed E-state index contributed by atoms with van der Waals surface area (Å²) in [4.78, 5) is 21.2. The average Bonchev–Trinajstić information content (AvgIpc) is 2.39. The highest BCUT2D eigenvalue weighted by Crippen LogP contribution is 2.28. The molecule has 0 aromatic heterocycles. The first-order chi connectivity index (χ1) is 9.40. The zero-order valence-electron chi connectivity index (χ0n) is 12.8. The molecule has 20 heavy (non-hydrogen) atoms. The van der Waals surface area contributed by atoms with Gasteiger partial charge in [-0.1, -0.05) is 39.5 Å². The van der Waals surface area contributed by atoms with E-state index in [4.69, 9.17) is 10.8 Å². The molecule has 2 saturated carbocycles. The van der Waals surface area contributed by atoms with E-state index in [9.17, 15) is 9.59 Å². The van der Waals surface area contributed by atoms with Crippen molar-refractivity contribution in [3.8, 4) is 0 Å². The van der Waals surface area contributed by atoms with Gasteiger partial charge in [-0.25, -0.2) is 0 Å². The summed E-state index contributed by atoms with van der Waals surface area (Å²) in [6.07, 6.45) is 8.55. The number of aliphatic carboxylic acids is 1. The van der Waals surface area contributed by atoms with Crippen molar-refractivity contribution in [2.24, 2.45) is 29.4 Å². The second kappa shape index (κ2) is 8.28. The Morgan fingerprint density at radius 2 is 1.35 bits per heavy atom. The van der Waals surface area contributed by atoms with Gasteiger partial charge < -0.3 is 10.8 Å². The van der Waals surface area contributed by atoms with Gasteiger partial charge in [-0.3, -0.25) is 9.59 Å². The summed E-state index contributed by atoms with van der Waals surface area (Å²) in [6, 6.07) is 0. The van der Waals surface area contributed by atoms with E-state index in [1.54, 1.807) is 0 Å². The molecule has 3 N–H and O–H groups in total. The maximum atomic E-state index is 10.7. The largest absolute Gasteiger partial charge is 0.481 e. The molecule has 4 atom stereocenters. The summed E-state index contributed by atoms with van der Waals surface area (Å²) in [6.45, 7) is 4.32. The van der Waals surface area contributed by atoms with E-state index < -0.39 is 5.97 Å². The zero-order valence-corrected chi connectivity index (χ0v) is 12.8. The number of carbonyl (C=O) groups excluding carboxylic acids is 1. The third kappa shape index (κ3) is 5.93. The fraction of sp³-hybridized carbons (Fsp3) is 0.875. The van der Waals surface area contributed by atoms with E-state index in [0.29, 0.717) is 11.8 Å². The molecule has 0 aromatic carbocycles. The topological polar surface area (TPSA) is 80.4 Å². The van der Waals surface area contributed by atoms with Crippen molar-refractivity contribution in [1.82, 2.24) is 0 Å². The van der Waals surface area contributed by atoms with Crippen LogP contribution in [0, 0.1) is 23.7 Å². The fourth-order valence-electron chi connectivity index (χ4n) is 3.35. The first-order valence-electron chi connectivity index (χ1n) is 7.92. The molecule has 0 radical (unpaired) electrons. The SMILES string of the molecule is CC1CCCC(C(=O)O)C1.CC1CCCC(C(N)=O)C1. The molecular formula is C16H29NO3. The van der Waals surface area contributed by atoms with E-state index in [0.717, 1.165) is 32.1 Å². The molecule has 0 spiro atoms. The van der Waals surface area contributed by atoms with Crippen molar-refractivity contribution < 1.29 is 14.7 Å². The van der Waals surface area contributed by atoms with Crippen LogP contribution in [-0.2, 0) is 9.59 Å². The lowest BCUT2D eigenvalue weighted by atomic mass is 9.82. The molecular weight excluding hydrogens is 254 g/mol. The molecule has 4 heteroatoms. The van der Waals surface area contributed by atoms with E-state index in [1.165, 1.54) is 19.3 Å². The van der Waals surface area contributed by atoms with E-state index >= 15 is 0 Å². The Morgan fingerprint density at radius 1 is 0.900 bits per heavy atom. The second-order valence-electron chi connectivity index (χ2n) is 6.68. The Bertz CT molecular complexity index is 298. The third-order valence-corrected chi connectivity index (χ3v) is 4.62. The molecule has 2 aliphatic rings. The van der Waals surface area contributed by atoms with Crippen LogP contribution >= 0.6 is 0 Å². The Balaban J connectivity index is 0.000000200. The highest BCUT2D eigenvalue weighted by atomic mass is 16.4. The predicted octanol–water partition coefficient (Wildman–Crippen LogP) is 3.20. The van der Waals surface area contributed by atoms with Crippen LogP contribution in [0.25, 0.3) is 0 Å². The first kappa shape index (κ1) is 17.0. The molecule has 0 bridgehead atoms. The van der Waals surface area contributed by atoms with Crippen LogP contribution < -0.4 is 5.73 Å². The smallest absolute Gasteiger partial charge is 0.306 e. The molecule has 0 saturated heterocycles. The number of carbonyl (C=O) groups is 2. The highest BCUT2D eigenvalue weighted by molar-refractivity contribution is 5.76. The summed E-state index contributed by atoms with van der Waals surface area (Å²) in [7, 11) is 0. The maximum absolute atomic E-state index is 10.7. The Kier molecular flexibility index (Phi) is 7.03. The molecule has 0 aromatic rings. The maximum Gasteiger partial charge on any atom is 0.306 e. The molecule has 116 valence electrons. The Morgan fingerprint density at radius 3 is 1.65 bits per heavy atom. The lowest BCUT2D eigenvalue weighted by molar-refractivity contribution is -0.143. The van der Waals surface area contributed by atoms with Gasteiger partial charge in [0.05, 0.1) is 5.92 Å². The van der Waals surface area contributed by atoms with Crippen molar-refractivity contribution in [3.63, 3.8) is 0 Å². The molecule has 2 aliphatic carbocycles. The van der Waals surface area contributed by atoms with Gasteiger partial charge in [0.15, 0.2) is 0 Å². The standard InChI is InChI=1S/C8H15NO.C8H14O2/c2*1-6-3-2-4-7(5-6)8(9)10/h6-7H,2-5H2,1H3,(H2,9,10);6-7H,2-5H2,1H3,(H,9,10). The summed E-state index contributed by atoms with van der Waals surface area (Å²) < 4.78 is 0. The zero-order chi connectivity index (χ0) is 15.1. The quantitative estimate of drug-likeness (QED) is 0.816. The number of amides is 1. The van der Waals surface area contributed by atoms with Crippen molar-refractivity contribution in [1.29, 1.82) is 0 Å². The van der Waals surface area contributed by atoms with Crippen LogP contribution in [0.15, 0.2) is 0 Å². The van der Waals surface area contributed by atoms with Crippen LogP contribution in [0.3, 0.4) is 0 Å². The van der Waals surface area contributed by atoms with Crippen LogP contribution in [0.2, 0.25) is 0 Å². The minimum absolute atomic E-state index is 0.0521. The molecule has 0 aliphatic heterocycles. The average molecular weight is 283 g/mol. The van der Waals surface area contributed by atoms with Gasteiger partial charge in [0.25, 0.3) is 0 Å². The molecule has 0 heterocycles. The molecule has 4 unspecified atom stereocenters. The van der Waals surface area contributed by atoms with Crippen LogP contribution in [-0.4, -0.2) is 17.0 Å². The van der Waals surface area contributed by atoms with E-state index in [1.807, 2.05) is 0 Å². The van der Waals surface area contributed by atoms with Gasteiger partial charge >= 0.3 is 5.97 Å². The Hall–Kier alpha value is -1.06. The monoisotopic (exact) mass is 283 g/mol. The molecule has 2 rings (SSSR count). The molecule has 2 fully saturated rings. The summed E-state index contributed by atoms with van der Waals surface area (Å²) in [5, 5.41) is 8.66. The van der Waals surface area contributed by atoms with Gasteiger partial charge in [0, 0.05) is 5.92 Å². The van der Waals surface area contributed by atoms with Crippen LogP contribution in [0.4, 0.5) is 0 Å². The van der Waals surface area contributed by atoms with Crippen LogP contribution in [0.1, 0.15) is 65.2 Å². The number of rotatable bonds is 2. The Labute approximate surface area is 122 Å². The number of carboxylic acid groups (broad SMARTS) is 1. The second-order valence-corrected chi connectivity index (χ2v) is 6.68. The number of hydrogen-bond donors (Lipinski definition) is 2. The number of nitrogens with two attached hydrogens (primary N) is 1. The van der Waals surface area contributed by atoms with Gasteiger partial charge in [0.1, 0.15) is 0 Å². The highest BCUT2D eigenvalue weighted by Gasteiger charge is 2.24. The van der Waals surface area contributed by atoms with Gasteiger partial charge in [0.2, 0.25) is 5.91 Å². The molecule has 1 amide bonds. The fourth-order valence-corrected chi connectivity index (χ4v) is 3.35. The van der Waals surface area contributed by atoms with E-state index in [2.05, 4.69) is 13.8 Å². The normalized spacial score (nSPS) is 33.7. The summed E-state index contributed by atoms with van der Waals surface area (Å²) >= 11 is 0.